The fourth-order valence-electron chi connectivity index (χ4n) is 6.80. The van der Waals surface area contributed by atoms with Crippen molar-refractivity contribution in [3.8, 4) is 17.2 Å². The number of nitrogens with zero attached hydrogens (tertiary/aromatic N) is 4. The number of β-amino-alcohol motifs (C(OH)–C–C–N with tert-alkyl or cyclic N) is 1. The fraction of sp³-hybridized carbons (Fsp3) is 0.395. The van der Waals surface area contributed by atoms with Gasteiger partial charge in [-0.2, -0.15) is 13.2 Å². The first kappa shape index (κ1) is 38.3. The number of unbranched alkanes of at least 4 members (excludes halogenated alkanes) is 1. The van der Waals surface area contributed by atoms with Gasteiger partial charge in [-0.15, -0.1) is 0 Å². The van der Waals surface area contributed by atoms with Gasteiger partial charge in [-0.25, -0.2) is 0 Å². The average Bonchev–Trinajstić information content (AvgIpc) is 3.61. The number of pyridine rings is 1. The molecule has 3 N–H and O–H groups in total. The van der Waals surface area contributed by atoms with Crippen LogP contribution in [0.4, 0.5) is 13.2 Å². The molecule has 282 valence electrons. The Morgan fingerprint density at radius 3 is 2.55 bits per heavy atom. The van der Waals surface area contributed by atoms with Crippen LogP contribution in [0.5, 0.6) is 5.75 Å². The van der Waals surface area contributed by atoms with E-state index in [0.717, 1.165) is 5.56 Å². The molecule has 0 saturated carbocycles. The Labute approximate surface area is 309 Å². The van der Waals surface area contributed by atoms with Crippen LogP contribution in [0.15, 0.2) is 89.5 Å². The number of carbonyl (C=O) groups excluding carboxylic acids is 2. The molecule has 2 aromatic heterocycles. The molecular weight excluding hydrogens is 715 g/mol. The Kier molecular flexibility index (Phi) is 12.0. The fourth-order valence-corrected chi connectivity index (χ4v) is 6.91. The van der Waals surface area contributed by atoms with Crippen LogP contribution in [-0.4, -0.2) is 99.0 Å². The third-order valence-electron chi connectivity index (χ3n) is 9.42. The first-order valence-corrected chi connectivity index (χ1v) is 17.8. The van der Waals surface area contributed by atoms with Gasteiger partial charge in [0.05, 0.1) is 24.2 Å². The second-order valence-corrected chi connectivity index (χ2v) is 13.7. The highest BCUT2D eigenvalue weighted by atomic mass is 35.5. The number of ether oxygens (including phenoxy) is 1. The van der Waals surface area contributed by atoms with Crippen LogP contribution in [0.25, 0.3) is 11.5 Å². The van der Waals surface area contributed by atoms with E-state index in [4.69, 9.17) is 20.8 Å². The lowest BCUT2D eigenvalue weighted by Crippen LogP contribution is -2.69. The number of para-hydroxylation sites is 1. The summed E-state index contributed by atoms with van der Waals surface area (Å²) in [6.45, 7) is -0.710. The molecule has 1 fully saturated rings. The van der Waals surface area contributed by atoms with Gasteiger partial charge in [0.15, 0.2) is 5.76 Å². The molecule has 2 aromatic carbocycles. The van der Waals surface area contributed by atoms with Crippen LogP contribution in [-0.2, 0) is 22.7 Å². The topological polar surface area (TPSA) is 132 Å². The number of alkyl halides is 3. The molecule has 0 bridgehead atoms. The molecule has 0 aliphatic carbocycles. The molecule has 0 radical (unpaired) electrons. The normalized spacial score (nSPS) is 20.7. The van der Waals surface area contributed by atoms with E-state index in [1.807, 2.05) is 53.8 Å². The van der Waals surface area contributed by atoms with Gasteiger partial charge in [0, 0.05) is 44.4 Å². The minimum Gasteiger partial charge on any atom is -0.490 e. The lowest BCUT2D eigenvalue weighted by Gasteiger charge is -2.46. The molecule has 4 aromatic rings. The van der Waals surface area contributed by atoms with Crippen LogP contribution >= 0.6 is 11.6 Å². The number of hydrogen-bond donors (Lipinski definition) is 3. The maximum absolute atomic E-state index is 13.9. The molecule has 2 aliphatic heterocycles. The van der Waals surface area contributed by atoms with Crippen LogP contribution in [0.2, 0.25) is 5.02 Å². The summed E-state index contributed by atoms with van der Waals surface area (Å²) >= 11 is 5.94. The molecule has 15 heteroatoms. The summed E-state index contributed by atoms with van der Waals surface area (Å²) in [4.78, 5) is 36.2. The Hall–Kier alpha value is -4.47. The van der Waals surface area contributed by atoms with E-state index in [0.29, 0.717) is 52.9 Å². The van der Waals surface area contributed by atoms with Gasteiger partial charge in [-0.1, -0.05) is 60.1 Å². The first-order valence-electron chi connectivity index (χ1n) is 17.4. The Morgan fingerprint density at radius 2 is 1.79 bits per heavy atom. The molecule has 2 amide bonds. The van der Waals surface area contributed by atoms with Gasteiger partial charge in [0.2, 0.25) is 11.6 Å². The van der Waals surface area contributed by atoms with Crippen molar-refractivity contribution in [3.05, 3.63) is 107 Å². The lowest BCUT2D eigenvalue weighted by atomic mass is 9.95. The molecule has 1 saturated heterocycles. The van der Waals surface area contributed by atoms with E-state index in [1.165, 1.54) is 11.1 Å². The smallest absolute Gasteiger partial charge is 0.405 e. The maximum Gasteiger partial charge on any atom is 0.405 e. The molecule has 2 aliphatic rings. The summed E-state index contributed by atoms with van der Waals surface area (Å²) in [7, 11) is 0. The van der Waals surface area contributed by atoms with Crippen LogP contribution in [0, 0.1) is 0 Å². The van der Waals surface area contributed by atoms with Crippen molar-refractivity contribution in [1.29, 1.82) is 0 Å². The molecule has 0 spiro atoms. The van der Waals surface area contributed by atoms with E-state index < -0.39 is 36.5 Å². The second kappa shape index (κ2) is 16.7. The minimum atomic E-state index is -4.67. The Bertz CT molecular complexity index is 1850. The lowest BCUT2D eigenvalue weighted by molar-refractivity contribution is -0.184. The van der Waals surface area contributed by atoms with Gasteiger partial charge >= 0.3 is 6.18 Å². The molecule has 4 heterocycles. The number of carbonyl (C=O) groups is 2. The quantitative estimate of drug-likeness (QED) is 0.158. The number of piperazine rings is 1. The third kappa shape index (κ3) is 9.56. The maximum atomic E-state index is 13.9. The van der Waals surface area contributed by atoms with Crippen molar-refractivity contribution < 1.29 is 42.1 Å². The zero-order valence-corrected chi connectivity index (χ0v) is 29.6. The van der Waals surface area contributed by atoms with Crippen LogP contribution < -0.4 is 10.1 Å². The minimum absolute atomic E-state index is 0.0296. The summed E-state index contributed by atoms with van der Waals surface area (Å²) in [6, 6.07) is 22.9. The van der Waals surface area contributed by atoms with E-state index in [2.05, 4.69) is 4.98 Å². The number of aliphatic hydroxyl groups is 2. The average molecular weight is 756 g/mol. The summed E-state index contributed by atoms with van der Waals surface area (Å²) < 4.78 is 51.0. The van der Waals surface area contributed by atoms with Crippen molar-refractivity contribution in [1.82, 2.24) is 25.0 Å². The molecule has 6 rings (SSSR count). The highest BCUT2D eigenvalue weighted by Crippen LogP contribution is 2.37. The number of fused-ring (bicyclic) bond motifs is 1. The number of aromatic nitrogens is 1. The zero-order valence-electron chi connectivity index (χ0n) is 28.8. The van der Waals surface area contributed by atoms with Gasteiger partial charge in [0.25, 0.3) is 5.91 Å². The third-order valence-corrected chi connectivity index (χ3v) is 9.64. The van der Waals surface area contributed by atoms with Crippen molar-refractivity contribution >= 4 is 23.4 Å². The number of halogens is 4. The largest absolute Gasteiger partial charge is 0.490 e. The predicted molar refractivity (Wildman–Crippen MR) is 189 cm³/mol. The molecule has 11 nitrogen and oxygen atoms in total. The van der Waals surface area contributed by atoms with Crippen molar-refractivity contribution in [2.75, 3.05) is 39.3 Å². The highest BCUT2D eigenvalue weighted by Gasteiger charge is 2.47. The molecule has 53 heavy (non-hydrogen) atoms. The highest BCUT2D eigenvalue weighted by molar-refractivity contribution is 6.30. The SMILES string of the molecule is O=C(CCCCN1CCN(Cc2ccc(-c3ccc(Cl)cn3)o2)C[C@]1(O)C(=O)NCC(F)(F)F)N(Cc1ccccc1)[C@H]1c2ccccc2OC[C@H]1O. The van der Waals surface area contributed by atoms with Gasteiger partial charge in [-0.3, -0.25) is 24.4 Å². The molecular formula is C38H41ClF3N5O6. The summed E-state index contributed by atoms with van der Waals surface area (Å²) in [5.41, 5.74) is -0.132. The molecule has 3 atom stereocenters. The molecule has 0 unspecified atom stereocenters. The van der Waals surface area contributed by atoms with Gasteiger partial charge in [-0.05, 0) is 48.7 Å². The van der Waals surface area contributed by atoms with E-state index in [-0.39, 0.29) is 51.7 Å². The number of benzene rings is 2. The van der Waals surface area contributed by atoms with Gasteiger partial charge in [0.1, 0.15) is 36.5 Å². The Morgan fingerprint density at radius 1 is 1.02 bits per heavy atom. The summed E-state index contributed by atoms with van der Waals surface area (Å²) in [5.74, 6) is 0.230. The number of nitrogens with one attached hydrogen (secondary N) is 1. The van der Waals surface area contributed by atoms with Crippen molar-refractivity contribution in [2.45, 2.75) is 56.4 Å². The number of amides is 2. The Balaban J connectivity index is 1.11. The standard InChI is InChI=1S/C38H41ClF3N5O6/c39-27-13-15-30(43-20-27)33-16-14-28(53-33)22-45-18-19-46(37(51,25-45)36(50)44-24-38(40,41)42)17-7-6-12-34(49)47(21-26-8-2-1-3-9-26)35-29-10-4-5-11-32(29)52-23-31(35)48/h1-5,8-11,13-16,20,31,35,48,51H,6-7,12,17-19,21-25H2,(H,44,50)/t31-,35+,37+/m1/s1. The van der Waals surface area contributed by atoms with E-state index in [1.54, 1.807) is 40.1 Å². The monoisotopic (exact) mass is 755 g/mol. The number of furan rings is 1. The second-order valence-electron chi connectivity index (χ2n) is 13.3. The summed E-state index contributed by atoms with van der Waals surface area (Å²) in [5, 5.41) is 25.1. The van der Waals surface area contributed by atoms with Crippen molar-refractivity contribution in [3.63, 3.8) is 0 Å². The number of hydrogen-bond acceptors (Lipinski definition) is 9. The number of rotatable bonds is 13. The number of aliphatic hydroxyl groups excluding tert-OH is 1. The van der Waals surface area contributed by atoms with Gasteiger partial charge < -0.3 is 29.6 Å². The predicted octanol–water partition coefficient (Wildman–Crippen LogP) is 5.17. The summed E-state index contributed by atoms with van der Waals surface area (Å²) in [6.07, 6.45) is -3.32. The van der Waals surface area contributed by atoms with E-state index in [9.17, 15) is 33.0 Å². The zero-order chi connectivity index (χ0) is 37.6. The van der Waals surface area contributed by atoms with Crippen LogP contribution in [0.1, 0.15) is 42.2 Å². The van der Waals surface area contributed by atoms with E-state index >= 15 is 0 Å². The first-order chi connectivity index (χ1) is 25.4. The van der Waals surface area contributed by atoms with Crippen LogP contribution in [0.3, 0.4) is 0 Å². The van der Waals surface area contributed by atoms with Crippen molar-refractivity contribution in [2.24, 2.45) is 0 Å².